The normalized spacial score (nSPS) is 16.0. The van der Waals surface area contributed by atoms with Gasteiger partial charge in [0.1, 0.15) is 0 Å². The molecular formula is C19H24N6O2S. The van der Waals surface area contributed by atoms with Crippen LogP contribution in [0, 0.1) is 0 Å². The van der Waals surface area contributed by atoms with Gasteiger partial charge in [-0.15, -0.1) is 0 Å². The van der Waals surface area contributed by atoms with Gasteiger partial charge >= 0.3 is 0 Å². The molecule has 9 heteroatoms. The lowest BCUT2D eigenvalue weighted by Crippen LogP contribution is -2.32. The molecule has 1 aromatic carbocycles. The number of rotatable bonds is 5. The molecule has 1 aliphatic carbocycles. The minimum absolute atomic E-state index is 0.302. The third kappa shape index (κ3) is 4.24. The number of sulfonamides is 1. The molecule has 3 aromatic rings. The number of nitrogens with zero attached hydrogens (tertiary/aromatic N) is 4. The maximum atomic E-state index is 11.5. The number of aromatic nitrogens is 4. The van der Waals surface area contributed by atoms with E-state index in [1.54, 1.807) is 24.5 Å². The molecule has 1 fully saturated rings. The maximum absolute atomic E-state index is 11.5. The van der Waals surface area contributed by atoms with Gasteiger partial charge in [-0.05, 0) is 37.1 Å². The van der Waals surface area contributed by atoms with Crippen molar-refractivity contribution in [2.75, 3.05) is 15.9 Å². The first-order valence-electron chi connectivity index (χ1n) is 9.53. The maximum Gasteiger partial charge on any atom is 0.232 e. The number of anilines is 3. The monoisotopic (exact) mass is 400 g/mol. The van der Waals surface area contributed by atoms with Gasteiger partial charge in [-0.25, -0.2) is 13.4 Å². The number of benzene rings is 1. The zero-order valence-corrected chi connectivity index (χ0v) is 16.6. The van der Waals surface area contributed by atoms with Crippen LogP contribution in [0.15, 0.2) is 36.7 Å². The Bertz CT molecular complexity index is 1040. The Labute approximate surface area is 164 Å². The van der Waals surface area contributed by atoms with Crippen molar-refractivity contribution >= 4 is 38.4 Å². The highest BCUT2D eigenvalue weighted by atomic mass is 32.2. The number of nitrogens with one attached hydrogen (secondary N) is 2. The molecular weight excluding hydrogens is 376 g/mol. The average Bonchev–Trinajstić information content (AvgIpc) is 2.96. The predicted octanol–water partition coefficient (Wildman–Crippen LogP) is 3.59. The lowest BCUT2D eigenvalue weighted by molar-refractivity contribution is 0.562. The Kier molecular flexibility index (Phi) is 5.17. The van der Waals surface area contributed by atoms with E-state index in [4.69, 9.17) is 0 Å². The molecule has 1 saturated carbocycles. The van der Waals surface area contributed by atoms with Crippen LogP contribution < -0.4 is 9.62 Å². The number of aromatic amines is 1. The molecule has 0 spiro atoms. The van der Waals surface area contributed by atoms with Gasteiger partial charge in [0, 0.05) is 23.6 Å². The van der Waals surface area contributed by atoms with E-state index in [-0.39, 0.29) is 0 Å². The summed E-state index contributed by atoms with van der Waals surface area (Å²) in [7, 11) is -3.31. The Hall–Kier alpha value is -2.68. The first-order valence-corrected chi connectivity index (χ1v) is 11.4. The highest BCUT2D eigenvalue weighted by Crippen LogP contribution is 2.33. The zero-order valence-electron chi connectivity index (χ0n) is 15.8. The van der Waals surface area contributed by atoms with Crippen LogP contribution in [0.5, 0.6) is 0 Å². The van der Waals surface area contributed by atoms with Crippen molar-refractivity contribution in [1.82, 2.24) is 20.2 Å². The molecule has 4 rings (SSSR count). The summed E-state index contributed by atoms with van der Waals surface area (Å²) in [5.74, 6) is 0.632. The zero-order chi connectivity index (χ0) is 19.6. The molecule has 0 aliphatic heterocycles. The van der Waals surface area contributed by atoms with Crippen molar-refractivity contribution in [3.05, 3.63) is 36.7 Å². The van der Waals surface area contributed by atoms with Crippen molar-refractivity contribution in [3.8, 4) is 0 Å². The van der Waals surface area contributed by atoms with Crippen molar-refractivity contribution in [3.63, 3.8) is 0 Å². The number of fused-ring (bicyclic) bond motifs is 1. The van der Waals surface area contributed by atoms with Crippen LogP contribution in [0.25, 0.3) is 11.0 Å². The van der Waals surface area contributed by atoms with E-state index >= 15 is 0 Å². The summed E-state index contributed by atoms with van der Waals surface area (Å²) in [6.45, 7) is 0. The van der Waals surface area contributed by atoms with Gasteiger partial charge in [-0.1, -0.05) is 25.7 Å². The van der Waals surface area contributed by atoms with E-state index in [0.717, 1.165) is 30.2 Å². The lowest BCUT2D eigenvalue weighted by Gasteiger charge is -2.31. The SMILES string of the molecule is CS(=O)(=O)Nc1ccc(N(c2ncc3cn[nH]c3n2)C2CCCCCC2)cc1. The van der Waals surface area contributed by atoms with E-state index in [1.165, 1.54) is 25.7 Å². The fraction of sp³-hybridized carbons (Fsp3) is 0.421. The number of hydrogen-bond acceptors (Lipinski definition) is 6. The van der Waals surface area contributed by atoms with E-state index in [0.29, 0.717) is 23.3 Å². The Morgan fingerprint density at radius 2 is 1.79 bits per heavy atom. The summed E-state index contributed by atoms with van der Waals surface area (Å²) < 4.78 is 25.5. The highest BCUT2D eigenvalue weighted by molar-refractivity contribution is 7.92. The summed E-state index contributed by atoms with van der Waals surface area (Å²) in [5.41, 5.74) is 2.20. The van der Waals surface area contributed by atoms with Crippen molar-refractivity contribution in [2.24, 2.45) is 0 Å². The Balaban J connectivity index is 1.71. The third-order valence-corrected chi connectivity index (χ3v) is 5.64. The van der Waals surface area contributed by atoms with Gasteiger partial charge in [0.2, 0.25) is 16.0 Å². The molecule has 0 amide bonds. The molecule has 148 valence electrons. The summed E-state index contributed by atoms with van der Waals surface area (Å²) in [4.78, 5) is 11.4. The molecule has 0 unspecified atom stereocenters. The second-order valence-corrected chi connectivity index (χ2v) is 9.03. The number of H-pyrrole nitrogens is 1. The molecule has 0 radical (unpaired) electrons. The first-order chi connectivity index (χ1) is 13.5. The predicted molar refractivity (Wildman–Crippen MR) is 110 cm³/mol. The third-order valence-electron chi connectivity index (χ3n) is 5.03. The van der Waals surface area contributed by atoms with Crippen LogP contribution in [-0.2, 0) is 10.0 Å². The van der Waals surface area contributed by atoms with Crippen LogP contribution in [0.1, 0.15) is 38.5 Å². The molecule has 2 N–H and O–H groups in total. The van der Waals surface area contributed by atoms with Crippen LogP contribution >= 0.6 is 0 Å². The smallest absolute Gasteiger partial charge is 0.232 e. The lowest BCUT2D eigenvalue weighted by atomic mass is 10.1. The fourth-order valence-corrected chi connectivity index (χ4v) is 4.32. The van der Waals surface area contributed by atoms with E-state index in [2.05, 4.69) is 29.8 Å². The summed E-state index contributed by atoms with van der Waals surface area (Å²) in [6.07, 6.45) is 11.7. The summed E-state index contributed by atoms with van der Waals surface area (Å²) in [5, 5.41) is 7.82. The van der Waals surface area contributed by atoms with Crippen LogP contribution in [-0.4, -0.2) is 40.9 Å². The molecule has 1 aliphatic rings. The second kappa shape index (κ2) is 7.75. The van der Waals surface area contributed by atoms with Gasteiger partial charge in [-0.2, -0.15) is 10.1 Å². The minimum Gasteiger partial charge on any atom is -0.307 e. The van der Waals surface area contributed by atoms with Crippen molar-refractivity contribution in [2.45, 2.75) is 44.6 Å². The summed E-state index contributed by atoms with van der Waals surface area (Å²) in [6, 6.07) is 7.68. The Morgan fingerprint density at radius 3 is 2.46 bits per heavy atom. The van der Waals surface area contributed by atoms with E-state index in [1.807, 2.05) is 12.1 Å². The van der Waals surface area contributed by atoms with Crippen LogP contribution in [0.3, 0.4) is 0 Å². The Morgan fingerprint density at radius 1 is 1.07 bits per heavy atom. The number of hydrogen-bond donors (Lipinski definition) is 2. The molecule has 0 atom stereocenters. The van der Waals surface area contributed by atoms with Crippen LogP contribution in [0.4, 0.5) is 17.3 Å². The van der Waals surface area contributed by atoms with Crippen LogP contribution in [0.2, 0.25) is 0 Å². The van der Waals surface area contributed by atoms with Crippen molar-refractivity contribution in [1.29, 1.82) is 0 Å². The van der Waals surface area contributed by atoms with E-state index in [9.17, 15) is 8.42 Å². The fourth-order valence-electron chi connectivity index (χ4n) is 3.75. The van der Waals surface area contributed by atoms with Gasteiger partial charge in [0.25, 0.3) is 0 Å². The molecule has 28 heavy (non-hydrogen) atoms. The highest BCUT2D eigenvalue weighted by Gasteiger charge is 2.24. The standard InChI is InChI=1S/C19H24N6O2S/c1-28(26,27)24-15-8-10-17(11-9-15)25(16-6-4-2-3-5-7-16)19-20-12-14-13-21-23-18(14)22-19/h8-13,16,24H,2-7H2,1H3,(H,20,21,22,23). The minimum atomic E-state index is -3.31. The van der Waals surface area contributed by atoms with E-state index < -0.39 is 10.0 Å². The van der Waals surface area contributed by atoms with Gasteiger partial charge in [-0.3, -0.25) is 9.82 Å². The second-order valence-electron chi connectivity index (χ2n) is 7.28. The molecule has 2 aromatic heterocycles. The summed E-state index contributed by atoms with van der Waals surface area (Å²) >= 11 is 0. The van der Waals surface area contributed by atoms with Crippen molar-refractivity contribution < 1.29 is 8.42 Å². The van der Waals surface area contributed by atoms with Gasteiger partial charge < -0.3 is 4.90 Å². The molecule has 2 heterocycles. The first kappa shape index (κ1) is 18.7. The van der Waals surface area contributed by atoms with Gasteiger partial charge in [0.05, 0.1) is 17.8 Å². The molecule has 8 nitrogen and oxygen atoms in total. The van der Waals surface area contributed by atoms with Gasteiger partial charge in [0.15, 0.2) is 5.65 Å². The molecule has 0 bridgehead atoms. The molecule has 0 saturated heterocycles. The topological polar surface area (TPSA) is 104 Å². The quantitative estimate of drug-likeness (QED) is 0.634. The average molecular weight is 401 g/mol. The largest absolute Gasteiger partial charge is 0.307 e.